The Labute approximate surface area is 134 Å². The minimum Gasteiger partial charge on any atom is -0.313 e. The molecule has 0 aromatic heterocycles. The number of nitrogens with one attached hydrogen (secondary N) is 1. The van der Waals surface area contributed by atoms with Gasteiger partial charge in [-0.05, 0) is 60.7 Å². The van der Waals surface area contributed by atoms with Gasteiger partial charge in [0.05, 0.1) is 0 Å². The predicted octanol–water partition coefficient (Wildman–Crippen LogP) is 5.09. The maximum Gasteiger partial charge on any atom is 0.123 e. The summed E-state index contributed by atoms with van der Waals surface area (Å²) in [6.07, 6.45) is 0.660. The molecule has 2 aromatic carbocycles. The molecular formula is C17H19ClFNS. The first-order valence-corrected chi connectivity index (χ1v) is 8.34. The van der Waals surface area contributed by atoms with E-state index in [0.717, 1.165) is 11.3 Å². The highest BCUT2D eigenvalue weighted by Gasteiger charge is 2.13. The number of hydrogen-bond donors (Lipinski definition) is 1. The molecule has 0 heterocycles. The third-order valence-electron chi connectivity index (χ3n) is 3.37. The molecule has 0 saturated carbocycles. The van der Waals surface area contributed by atoms with E-state index in [1.165, 1.54) is 22.6 Å². The van der Waals surface area contributed by atoms with E-state index in [1.807, 2.05) is 18.8 Å². The molecule has 1 atom stereocenters. The highest BCUT2D eigenvalue weighted by molar-refractivity contribution is 7.99. The number of rotatable bonds is 6. The first-order valence-electron chi connectivity index (χ1n) is 6.98. The van der Waals surface area contributed by atoms with E-state index in [-0.39, 0.29) is 11.9 Å². The molecule has 1 N–H and O–H groups in total. The van der Waals surface area contributed by atoms with Crippen LogP contribution >= 0.6 is 23.4 Å². The van der Waals surface area contributed by atoms with Gasteiger partial charge in [-0.3, -0.25) is 0 Å². The molecule has 112 valence electrons. The van der Waals surface area contributed by atoms with Crippen molar-refractivity contribution in [3.63, 3.8) is 0 Å². The summed E-state index contributed by atoms with van der Waals surface area (Å²) in [5, 5.41) is 3.88. The largest absolute Gasteiger partial charge is 0.313 e. The van der Waals surface area contributed by atoms with Gasteiger partial charge in [-0.2, -0.15) is 0 Å². The zero-order chi connectivity index (χ0) is 15.2. The van der Waals surface area contributed by atoms with Crippen molar-refractivity contribution in [1.82, 2.24) is 5.32 Å². The summed E-state index contributed by atoms with van der Waals surface area (Å²) in [6.45, 7) is 2.14. The summed E-state index contributed by atoms with van der Waals surface area (Å²) in [6, 6.07) is 13.1. The van der Waals surface area contributed by atoms with Crippen LogP contribution in [0.1, 0.15) is 24.1 Å². The second kappa shape index (κ2) is 7.83. The van der Waals surface area contributed by atoms with E-state index in [0.29, 0.717) is 11.4 Å². The molecule has 2 rings (SSSR count). The summed E-state index contributed by atoms with van der Waals surface area (Å²) in [5.74, 6) is 0.812. The molecule has 0 fully saturated rings. The topological polar surface area (TPSA) is 12.0 Å². The van der Waals surface area contributed by atoms with Crippen LogP contribution in [0.4, 0.5) is 4.39 Å². The highest BCUT2D eigenvalue weighted by Crippen LogP contribution is 2.26. The van der Waals surface area contributed by atoms with E-state index in [9.17, 15) is 4.39 Å². The molecule has 1 nitrogen and oxygen atoms in total. The molecule has 0 radical (unpaired) electrons. The smallest absolute Gasteiger partial charge is 0.123 e. The first-order chi connectivity index (χ1) is 10.1. The quantitative estimate of drug-likeness (QED) is 0.743. The van der Waals surface area contributed by atoms with Gasteiger partial charge < -0.3 is 5.32 Å². The van der Waals surface area contributed by atoms with Crippen LogP contribution in [0.15, 0.2) is 47.4 Å². The van der Waals surface area contributed by atoms with Gasteiger partial charge in [0.15, 0.2) is 0 Å². The molecule has 21 heavy (non-hydrogen) atoms. The van der Waals surface area contributed by atoms with E-state index < -0.39 is 0 Å². The van der Waals surface area contributed by atoms with Crippen LogP contribution in [-0.2, 0) is 6.42 Å². The Morgan fingerprint density at radius 1 is 1.19 bits per heavy atom. The normalized spacial score (nSPS) is 12.4. The molecule has 0 bridgehead atoms. The van der Waals surface area contributed by atoms with Crippen molar-refractivity contribution in [3.05, 3.63) is 64.4 Å². The molecule has 1 unspecified atom stereocenters. The number of halogens is 2. The maximum absolute atomic E-state index is 13.4. The average Bonchev–Trinajstić information content (AvgIpc) is 2.49. The predicted molar refractivity (Wildman–Crippen MR) is 89.8 cm³/mol. The number of hydrogen-bond acceptors (Lipinski definition) is 2. The Bertz CT molecular complexity index is 586. The second-order valence-corrected chi connectivity index (χ2v) is 6.53. The van der Waals surface area contributed by atoms with Gasteiger partial charge in [0.1, 0.15) is 5.82 Å². The van der Waals surface area contributed by atoms with Gasteiger partial charge in [-0.1, -0.05) is 30.7 Å². The lowest BCUT2D eigenvalue weighted by Gasteiger charge is -2.18. The fraction of sp³-hybridized carbons (Fsp3) is 0.294. The molecular weight excluding hydrogens is 305 g/mol. The molecule has 2 aromatic rings. The number of likely N-dealkylation sites (N-methyl/N-ethyl adjacent to an activating group) is 1. The molecule has 0 amide bonds. The van der Waals surface area contributed by atoms with Gasteiger partial charge in [0, 0.05) is 16.0 Å². The average molecular weight is 324 g/mol. The lowest BCUT2D eigenvalue weighted by atomic mass is 9.99. The maximum atomic E-state index is 13.4. The van der Waals surface area contributed by atoms with E-state index in [2.05, 4.69) is 36.5 Å². The van der Waals surface area contributed by atoms with E-state index in [1.54, 1.807) is 6.07 Å². The number of thioether (sulfide) groups is 1. The fourth-order valence-electron chi connectivity index (χ4n) is 2.27. The summed E-state index contributed by atoms with van der Waals surface area (Å²) in [7, 11) is 1.91. The van der Waals surface area contributed by atoms with Gasteiger partial charge in [-0.15, -0.1) is 11.8 Å². The SMILES string of the molecule is CCSc1ccc(C(Cc2cc(F)ccc2Cl)NC)cc1. The van der Waals surface area contributed by atoms with E-state index >= 15 is 0 Å². The van der Waals surface area contributed by atoms with Crippen LogP contribution in [0.2, 0.25) is 5.02 Å². The van der Waals surface area contributed by atoms with Crippen LogP contribution in [0.3, 0.4) is 0 Å². The van der Waals surface area contributed by atoms with E-state index in [4.69, 9.17) is 11.6 Å². The minimum atomic E-state index is -0.251. The first kappa shape index (κ1) is 16.3. The molecule has 0 spiro atoms. The Balaban J connectivity index is 2.17. The Morgan fingerprint density at radius 2 is 1.90 bits per heavy atom. The Morgan fingerprint density at radius 3 is 2.52 bits per heavy atom. The van der Waals surface area contributed by atoms with Gasteiger partial charge >= 0.3 is 0 Å². The highest BCUT2D eigenvalue weighted by atomic mass is 35.5. The number of benzene rings is 2. The van der Waals surface area contributed by atoms with Crippen molar-refractivity contribution in [1.29, 1.82) is 0 Å². The summed E-state index contributed by atoms with van der Waals surface area (Å²) in [5.41, 5.74) is 2.00. The molecule has 4 heteroatoms. The summed E-state index contributed by atoms with van der Waals surface area (Å²) >= 11 is 7.97. The van der Waals surface area contributed by atoms with Crippen molar-refractivity contribution in [2.24, 2.45) is 0 Å². The third-order valence-corrected chi connectivity index (χ3v) is 4.64. The van der Waals surface area contributed by atoms with Crippen LogP contribution in [0, 0.1) is 5.82 Å². The van der Waals surface area contributed by atoms with Crippen molar-refractivity contribution < 1.29 is 4.39 Å². The lowest BCUT2D eigenvalue weighted by Crippen LogP contribution is -2.19. The summed E-state index contributed by atoms with van der Waals surface area (Å²) < 4.78 is 13.4. The lowest BCUT2D eigenvalue weighted by molar-refractivity contribution is 0.584. The fourth-order valence-corrected chi connectivity index (χ4v) is 3.13. The van der Waals surface area contributed by atoms with Crippen molar-refractivity contribution in [2.45, 2.75) is 24.3 Å². The zero-order valence-electron chi connectivity index (χ0n) is 12.2. The van der Waals surface area contributed by atoms with Gasteiger partial charge in [-0.25, -0.2) is 4.39 Å². The van der Waals surface area contributed by atoms with Gasteiger partial charge in [0.25, 0.3) is 0 Å². The van der Waals surface area contributed by atoms with Crippen molar-refractivity contribution >= 4 is 23.4 Å². The monoisotopic (exact) mass is 323 g/mol. The third kappa shape index (κ3) is 4.47. The van der Waals surface area contributed by atoms with Crippen molar-refractivity contribution in [2.75, 3.05) is 12.8 Å². The molecule has 0 aliphatic carbocycles. The standard InChI is InChI=1S/C17H19ClFNS/c1-3-21-15-7-4-12(5-8-15)17(20-2)11-13-10-14(19)6-9-16(13)18/h4-10,17,20H,3,11H2,1-2H3. The molecule has 0 aliphatic heterocycles. The van der Waals surface area contributed by atoms with Crippen LogP contribution in [-0.4, -0.2) is 12.8 Å². The Kier molecular flexibility index (Phi) is 6.09. The Hall–Kier alpha value is -1.03. The summed E-state index contributed by atoms with van der Waals surface area (Å²) in [4.78, 5) is 1.26. The zero-order valence-corrected chi connectivity index (χ0v) is 13.8. The van der Waals surface area contributed by atoms with Crippen LogP contribution in [0.25, 0.3) is 0 Å². The van der Waals surface area contributed by atoms with Gasteiger partial charge in [0.2, 0.25) is 0 Å². The van der Waals surface area contributed by atoms with Crippen molar-refractivity contribution in [3.8, 4) is 0 Å². The minimum absolute atomic E-state index is 0.116. The second-order valence-electron chi connectivity index (χ2n) is 4.78. The molecule has 0 aliphatic rings. The molecule has 0 saturated heterocycles. The van der Waals surface area contributed by atoms with Crippen LogP contribution < -0.4 is 5.32 Å². The van der Waals surface area contributed by atoms with Crippen LogP contribution in [0.5, 0.6) is 0 Å².